The number of carbonyl (C=O) groups excluding carboxylic acids is 3. The number of hydrogen-bond acceptors (Lipinski definition) is 5. The average molecular weight is 432 g/mol. The molecule has 3 rings (SSSR count). The van der Waals surface area contributed by atoms with E-state index in [0.29, 0.717) is 17.0 Å². The highest BCUT2D eigenvalue weighted by Gasteiger charge is 2.37. The van der Waals surface area contributed by atoms with E-state index in [2.05, 4.69) is 15.9 Å². The molecule has 2 aromatic carbocycles. The second kappa shape index (κ2) is 8.35. The monoisotopic (exact) mass is 431 g/mol. The maximum atomic E-state index is 12.3. The predicted molar refractivity (Wildman–Crippen MR) is 103 cm³/mol. The molecule has 0 radical (unpaired) electrons. The quantitative estimate of drug-likeness (QED) is 0.518. The second-order valence-corrected chi connectivity index (χ2v) is 7.03. The van der Waals surface area contributed by atoms with Crippen LogP contribution < -0.4 is 9.64 Å². The Morgan fingerprint density at radius 1 is 1.15 bits per heavy atom. The van der Waals surface area contributed by atoms with Crippen molar-refractivity contribution in [1.29, 1.82) is 0 Å². The molecule has 1 amide bonds. The zero-order chi connectivity index (χ0) is 19.4. The zero-order valence-electron chi connectivity index (χ0n) is 14.7. The molecule has 2 aromatic rings. The van der Waals surface area contributed by atoms with E-state index in [-0.39, 0.29) is 31.3 Å². The maximum absolute atomic E-state index is 12.3. The minimum absolute atomic E-state index is 0.0450. The lowest BCUT2D eigenvalue weighted by Crippen LogP contribution is -2.27. The van der Waals surface area contributed by atoms with E-state index in [1.807, 2.05) is 6.07 Å². The summed E-state index contributed by atoms with van der Waals surface area (Å²) in [5.41, 5.74) is 1.08. The molecule has 0 unspecified atom stereocenters. The summed E-state index contributed by atoms with van der Waals surface area (Å²) in [5, 5.41) is 0. The van der Waals surface area contributed by atoms with E-state index in [1.165, 1.54) is 12.0 Å². The van der Waals surface area contributed by atoms with Gasteiger partial charge in [0.25, 0.3) is 0 Å². The molecule has 27 heavy (non-hydrogen) atoms. The van der Waals surface area contributed by atoms with Gasteiger partial charge in [-0.2, -0.15) is 0 Å². The van der Waals surface area contributed by atoms with Gasteiger partial charge in [-0.15, -0.1) is 0 Å². The van der Waals surface area contributed by atoms with Crippen LogP contribution in [-0.4, -0.2) is 37.9 Å². The fourth-order valence-corrected chi connectivity index (χ4v) is 3.19. The van der Waals surface area contributed by atoms with Gasteiger partial charge < -0.3 is 14.4 Å². The van der Waals surface area contributed by atoms with Gasteiger partial charge in [0, 0.05) is 23.0 Å². The summed E-state index contributed by atoms with van der Waals surface area (Å²) in [4.78, 5) is 38.3. The molecule has 0 spiro atoms. The smallest absolute Gasteiger partial charge is 0.311 e. The topological polar surface area (TPSA) is 72.9 Å². The zero-order valence-corrected chi connectivity index (χ0v) is 16.3. The van der Waals surface area contributed by atoms with Crippen molar-refractivity contribution in [3.05, 3.63) is 58.6 Å². The molecule has 0 bridgehead atoms. The Bertz CT molecular complexity index is 865. The number of methoxy groups -OCH3 is 1. The van der Waals surface area contributed by atoms with Crippen LogP contribution in [0, 0.1) is 5.92 Å². The van der Waals surface area contributed by atoms with Gasteiger partial charge in [0.05, 0.1) is 18.7 Å². The number of anilines is 1. The van der Waals surface area contributed by atoms with Crippen molar-refractivity contribution in [2.75, 3.05) is 25.2 Å². The molecule has 1 atom stereocenters. The third-order valence-electron chi connectivity index (χ3n) is 4.35. The second-order valence-electron chi connectivity index (χ2n) is 6.12. The Hall–Kier alpha value is -2.67. The van der Waals surface area contributed by atoms with E-state index in [9.17, 15) is 14.4 Å². The highest BCUT2D eigenvalue weighted by Crippen LogP contribution is 2.33. The van der Waals surface area contributed by atoms with Crippen molar-refractivity contribution in [3.63, 3.8) is 0 Å². The normalized spacial score (nSPS) is 16.3. The number of carbonyl (C=O) groups is 3. The van der Waals surface area contributed by atoms with E-state index in [1.54, 1.807) is 42.5 Å². The number of ketones is 1. The van der Waals surface area contributed by atoms with E-state index < -0.39 is 11.9 Å². The van der Waals surface area contributed by atoms with Crippen molar-refractivity contribution in [2.45, 2.75) is 6.42 Å². The van der Waals surface area contributed by atoms with Crippen LogP contribution in [-0.2, 0) is 14.3 Å². The molecular weight excluding hydrogens is 414 g/mol. The standard InChI is InChI=1S/C20H18BrNO5/c1-26-18-5-3-2-4-16(18)22-11-14(10-19(22)24)20(25)27-12-17(23)13-6-8-15(21)9-7-13/h2-9,14H,10-12H2,1H3/t14-/m0/s1. The first-order valence-electron chi connectivity index (χ1n) is 8.38. The van der Waals surface area contributed by atoms with Gasteiger partial charge in [0.2, 0.25) is 5.91 Å². The fourth-order valence-electron chi connectivity index (χ4n) is 2.92. The first kappa shape index (κ1) is 19.1. The van der Waals surface area contributed by atoms with Gasteiger partial charge in [-0.1, -0.05) is 40.2 Å². The molecule has 7 heteroatoms. The van der Waals surface area contributed by atoms with Crippen LogP contribution in [0.3, 0.4) is 0 Å². The number of nitrogens with zero attached hydrogens (tertiary/aromatic N) is 1. The molecule has 1 aliphatic rings. The highest BCUT2D eigenvalue weighted by molar-refractivity contribution is 9.10. The van der Waals surface area contributed by atoms with Crippen molar-refractivity contribution in [3.8, 4) is 5.75 Å². The first-order valence-corrected chi connectivity index (χ1v) is 9.17. The lowest BCUT2D eigenvalue weighted by molar-refractivity contribution is -0.147. The number of para-hydroxylation sites is 2. The predicted octanol–water partition coefficient (Wildman–Crippen LogP) is 3.24. The Morgan fingerprint density at radius 3 is 2.56 bits per heavy atom. The number of esters is 1. The molecule has 6 nitrogen and oxygen atoms in total. The number of hydrogen-bond donors (Lipinski definition) is 0. The summed E-state index contributed by atoms with van der Waals surface area (Å²) in [6.07, 6.45) is 0.0450. The number of halogens is 1. The van der Waals surface area contributed by atoms with Crippen LogP contribution in [0.15, 0.2) is 53.0 Å². The summed E-state index contributed by atoms with van der Waals surface area (Å²) < 4.78 is 11.3. The molecular formula is C20H18BrNO5. The molecule has 0 aromatic heterocycles. The average Bonchev–Trinajstić information content (AvgIpc) is 3.08. The van der Waals surface area contributed by atoms with Gasteiger partial charge in [0.15, 0.2) is 12.4 Å². The van der Waals surface area contributed by atoms with Crippen LogP contribution >= 0.6 is 15.9 Å². The van der Waals surface area contributed by atoms with Crippen molar-refractivity contribution >= 4 is 39.3 Å². The minimum Gasteiger partial charge on any atom is -0.495 e. The van der Waals surface area contributed by atoms with E-state index in [4.69, 9.17) is 9.47 Å². The summed E-state index contributed by atoms with van der Waals surface area (Å²) in [7, 11) is 1.53. The molecule has 0 N–H and O–H groups in total. The van der Waals surface area contributed by atoms with Gasteiger partial charge in [0.1, 0.15) is 5.75 Å². The molecule has 1 heterocycles. The van der Waals surface area contributed by atoms with Gasteiger partial charge >= 0.3 is 5.97 Å². The number of ether oxygens (including phenoxy) is 2. The number of benzene rings is 2. The third-order valence-corrected chi connectivity index (χ3v) is 4.87. The van der Waals surface area contributed by atoms with Crippen LogP contribution in [0.5, 0.6) is 5.75 Å². The fraction of sp³-hybridized carbons (Fsp3) is 0.250. The van der Waals surface area contributed by atoms with Crippen LogP contribution in [0.2, 0.25) is 0 Å². The lowest BCUT2D eigenvalue weighted by atomic mass is 10.1. The summed E-state index contributed by atoms with van der Waals surface area (Å²) in [5.74, 6) is -1.07. The van der Waals surface area contributed by atoms with E-state index >= 15 is 0 Å². The van der Waals surface area contributed by atoms with Crippen LogP contribution in [0.25, 0.3) is 0 Å². The van der Waals surface area contributed by atoms with Gasteiger partial charge in [-0.3, -0.25) is 14.4 Å². The molecule has 140 valence electrons. The highest BCUT2D eigenvalue weighted by atomic mass is 79.9. The van der Waals surface area contributed by atoms with Crippen molar-refractivity contribution < 1.29 is 23.9 Å². The molecule has 0 aliphatic carbocycles. The van der Waals surface area contributed by atoms with Crippen molar-refractivity contribution in [2.24, 2.45) is 5.92 Å². The number of rotatable bonds is 6. The molecule has 0 saturated carbocycles. The molecule has 1 fully saturated rings. The van der Waals surface area contributed by atoms with Gasteiger partial charge in [-0.25, -0.2) is 0 Å². The Kier molecular flexibility index (Phi) is 5.91. The third kappa shape index (κ3) is 4.36. The van der Waals surface area contributed by atoms with E-state index in [0.717, 1.165) is 4.47 Å². The maximum Gasteiger partial charge on any atom is 0.311 e. The number of Topliss-reactive ketones (excluding diaryl/α,β-unsaturated/α-hetero) is 1. The number of amides is 1. The van der Waals surface area contributed by atoms with Crippen LogP contribution in [0.1, 0.15) is 16.8 Å². The van der Waals surface area contributed by atoms with Crippen molar-refractivity contribution in [1.82, 2.24) is 0 Å². The Morgan fingerprint density at radius 2 is 1.85 bits per heavy atom. The largest absolute Gasteiger partial charge is 0.495 e. The van der Waals surface area contributed by atoms with Gasteiger partial charge in [-0.05, 0) is 24.3 Å². The van der Waals surface area contributed by atoms with Crippen LogP contribution in [0.4, 0.5) is 5.69 Å². The Balaban J connectivity index is 1.60. The summed E-state index contributed by atoms with van der Waals surface area (Å²) in [6, 6.07) is 13.9. The molecule has 1 saturated heterocycles. The summed E-state index contributed by atoms with van der Waals surface area (Å²) in [6.45, 7) is -0.148. The summed E-state index contributed by atoms with van der Waals surface area (Å²) >= 11 is 3.30. The SMILES string of the molecule is COc1ccccc1N1C[C@@H](C(=O)OCC(=O)c2ccc(Br)cc2)CC1=O. The lowest BCUT2D eigenvalue weighted by Gasteiger charge is -2.19. The molecule has 1 aliphatic heterocycles. The minimum atomic E-state index is -0.611. The first-order chi connectivity index (χ1) is 13.0. The Labute approximate surface area is 165 Å².